The minimum atomic E-state index is -0.437. The molecule has 0 saturated carbocycles. The zero-order valence-corrected chi connectivity index (χ0v) is 9.78. The quantitative estimate of drug-likeness (QED) is 0.852. The summed E-state index contributed by atoms with van der Waals surface area (Å²) in [6, 6.07) is 4.47. The number of benzene rings is 1. The Balaban J connectivity index is 2.57. The van der Waals surface area contributed by atoms with Gasteiger partial charge in [0.2, 0.25) is 0 Å². The summed E-state index contributed by atoms with van der Waals surface area (Å²) in [6.07, 6.45) is 3.22. The number of aromatic nitrogens is 2. The Bertz CT molecular complexity index is 543. The van der Waals surface area contributed by atoms with E-state index in [4.69, 9.17) is 17.3 Å². The van der Waals surface area contributed by atoms with Gasteiger partial charge in [-0.15, -0.1) is 6.58 Å². The third kappa shape index (κ3) is 2.03. The van der Waals surface area contributed by atoms with Gasteiger partial charge >= 0.3 is 0 Å². The fourth-order valence-electron chi connectivity index (χ4n) is 1.59. The standard InChI is InChI=1S/C12H11ClFN3/c1-2-6-17-7-16-11(12(17)15)10-8(13)4-3-5-9(10)14/h2-5,7H,1,6,15H2. The molecule has 0 aliphatic heterocycles. The molecule has 2 rings (SSSR count). The number of nitrogens with two attached hydrogens (primary N) is 1. The fourth-order valence-corrected chi connectivity index (χ4v) is 1.85. The minimum Gasteiger partial charge on any atom is -0.383 e. The molecular formula is C12H11ClFN3. The van der Waals surface area contributed by atoms with Crippen LogP contribution in [0.3, 0.4) is 0 Å². The van der Waals surface area contributed by atoms with Crippen molar-refractivity contribution < 1.29 is 4.39 Å². The Kier molecular flexibility index (Phi) is 3.15. The normalized spacial score (nSPS) is 10.5. The molecule has 0 amide bonds. The largest absolute Gasteiger partial charge is 0.383 e. The third-order valence-electron chi connectivity index (χ3n) is 2.40. The van der Waals surface area contributed by atoms with Crippen LogP contribution in [0.4, 0.5) is 10.2 Å². The molecule has 0 bridgehead atoms. The Labute approximate surface area is 103 Å². The molecule has 88 valence electrons. The number of anilines is 1. The molecule has 0 spiro atoms. The molecule has 0 aliphatic carbocycles. The summed E-state index contributed by atoms with van der Waals surface area (Å²) in [4.78, 5) is 4.09. The van der Waals surface area contributed by atoms with Gasteiger partial charge in [-0.25, -0.2) is 9.37 Å². The molecule has 0 saturated heterocycles. The van der Waals surface area contributed by atoms with E-state index in [1.165, 1.54) is 18.5 Å². The van der Waals surface area contributed by atoms with Crippen molar-refractivity contribution in [1.82, 2.24) is 9.55 Å². The maximum absolute atomic E-state index is 13.7. The maximum atomic E-state index is 13.7. The first-order chi connectivity index (χ1) is 8.15. The summed E-state index contributed by atoms with van der Waals surface area (Å²) in [5.41, 5.74) is 6.47. The molecule has 0 radical (unpaired) electrons. The smallest absolute Gasteiger partial charge is 0.134 e. The van der Waals surface area contributed by atoms with Crippen molar-refractivity contribution in [3.63, 3.8) is 0 Å². The van der Waals surface area contributed by atoms with Crippen LogP contribution >= 0.6 is 11.6 Å². The number of hydrogen-bond acceptors (Lipinski definition) is 2. The predicted octanol–water partition coefficient (Wildman–Crippen LogP) is 3.11. The van der Waals surface area contributed by atoms with Gasteiger partial charge in [0.25, 0.3) is 0 Å². The van der Waals surface area contributed by atoms with E-state index >= 15 is 0 Å². The molecule has 3 nitrogen and oxygen atoms in total. The average Bonchev–Trinajstić information content (AvgIpc) is 2.62. The van der Waals surface area contributed by atoms with E-state index in [1.807, 2.05) is 0 Å². The highest BCUT2D eigenvalue weighted by Crippen LogP contribution is 2.32. The molecule has 1 aromatic heterocycles. The van der Waals surface area contributed by atoms with Gasteiger partial charge < -0.3 is 10.3 Å². The minimum absolute atomic E-state index is 0.231. The van der Waals surface area contributed by atoms with Crippen LogP contribution in [-0.4, -0.2) is 9.55 Å². The first kappa shape index (κ1) is 11.7. The lowest BCUT2D eigenvalue weighted by molar-refractivity contribution is 0.631. The molecule has 5 heteroatoms. The number of hydrogen-bond donors (Lipinski definition) is 1. The van der Waals surface area contributed by atoms with Crippen molar-refractivity contribution in [2.24, 2.45) is 0 Å². The van der Waals surface area contributed by atoms with E-state index < -0.39 is 5.82 Å². The number of nitrogens with zero attached hydrogens (tertiary/aromatic N) is 2. The molecule has 0 unspecified atom stereocenters. The van der Waals surface area contributed by atoms with Gasteiger partial charge in [-0.1, -0.05) is 23.7 Å². The first-order valence-electron chi connectivity index (χ1n) is 5.01. The summed E-state index contributed by atoms with van der Waals surface area (Å²) in [5, 5.41) is 0.292. The van der Waals surface area contributed by atoms with E-state index in [1.54, 1.807) is 16.7 Å². The molecule has 0 aliphatic rings. The van der Waals surface area contributed by atoms with Gasteiger partial charge in [-0.05, 0) is 12.1 Å². The topological polar surface area (TPSA) is 43.8 Å². The van der Waals surface area contributed by atoms with Crippen LogP contribution in [-0.2, 0) is 6.54 Å². The Hall–Kier alpha value is -1.81. The van der Waals surface area contributed by atoms with E-state index in [0.717, 1.165) is 0 Å². The van der Waals surface area contributed by atoms with Crippen LogP contribution < -0.4 is 5.73 Å². The lowest BCUT2D eigenvalue weighted by Crippen LogP contribution is -2.00. The van der Waals surface area contributed by atoms with E-state index in [0.29, 0.717) is 23.1 Å². The van der Waals surface area contributed by atoms with Gasteiger partial charge in [0.15, 0.2) is 0 Å². The average molecular weight is 252 g/mol. The molecule has 2 N–H and O–H groups in total. The third-order valence-corrected chi connectivity index (χ3v) is 2.72. The second-order valence-electron chi connectivity index (χ2n) is 3.52. The van der Waals surface area contributed by atoms with Crippen LogP contribution in [0.5, 0.6) is 0 Å². The highest BCUT2D eigenvalue weighted by atomic mass is 35.5. The van der Waals surface area contributed by atoms with E-state index in [2.05, 4.69) is 11.6 Å². The maximum Gasteiger partial charge on any atom is 0.134 e. The van der Waals surface area contributed by atoms with Crippen LogP contribution in [0.2, 0.25) is 5.02 Å². The molecule has 0 fully saturated rings. The van der Waals surface area contributed by atoms with Crippen molar-refractivity contribution in [1.29, 1.82) is 0 Å². The molecule has 1 heterocycles. The summed E-state index contributed by atoms with van der Waals surface area (Å²) in [7, 11) is 0. The number of rotatable bonds is 3. The SMILES string of the molecule is C=CCn1cnc(-c2c(F)cccc2Cl)c1N. The number of allylic oxidation sites excluding steroid dienone is 1. The molecular weight excluding hydrogens is 241 g/mol. The molecule has 2 aromatic rings. The van der Waals surface area contributed by atoms with Crippen molar-refractivity contribution in [3.8, 4) is 11.3 Å². The van der Waals surface area contributed by atoms with Crippen LogP contribution in [0.1, 0.15) is 0 Å². The molecule has 17 heavy (non-hydrogen) atoms. The summed E-state index contributed by atoms with van der Waals surface area (Å²) >= 11 is 5.96. The van der Waals surface area contributed by atoms with Crippen LogP contribution in [0.25, 0.3) is 11.3 Å². The highest BCUT2D eigenvalue weighted by molar-refractivity contribution is 6.33. The molecule has 0 atom stereocenters. The summed E-state index contributed by atoms with van der Waals surface area (Å²) in [6.45, 7) is 4.13. The second-order valence-corrected chi connectivity index (χ2v) is 3.92. The lowest BCUT2D eigenvalue weighted by Gasteiger charge is -2.05. The highest BCUT2D eigenvalue weighted by Gasteiger charge is 2.16. The van der Waals surface area contributed by atoms with Crippen LogP contribution in [0, 0.1) is 5.82 Å². The Morgan fingerprint density at radius 3 is 2.94 bits per heavy atom. The van der Waals surface area contributed by atoms with Crippen molar-refractivity contribution in [2.75, 3.05) is 5.73 Å². The van der Waals surface area contributed by atoms with Gasteiger partial charge in [-0.2, -0.15) is 0 Å². The van der Waals surface area contributed by atoms with Gasteiger partial charge in [-0.3, -0.25) is 0 Å². The summed E-state index contributed by atoms with van der Waals surface area (Å²) < 4.78 is 15.4. The zero-order valence-electron chi connectivity index (χ0n) is 9.03. The zero-order chi connectivity index (χ0) is 12.4. The number of imidazole rings is 1. The Morgan fingerprint density at radius 1 is 1.53 bits per heavy atom. The fraction of sp³-hybridized carbons (Fsp3) is 0.0833. The van der Waals surface area contributed by atoms with Crippen molar-refractivity contribution in [3.05, 3.63) is 48.0 Å². The van der Waals surface area contributed by atoms with Crippen molar-refractivity contribution >= 4 is 17.4 Å². The predicted molar refractivity (Wildman–Crippen MR) is 67.2 cm³/mol. The van der Waals surface area contributed by atoms with Crippen molar-refractivity contribution in [2.45, 2.75) is 6.54 Å². The first-order valence-corrected chi connectivity index (χ1v) is 5.38. The van der Waals surface area contributed by atoms with E-state index in [9.17, 15) is 4.39 Å². The lowest BCUT2D eigenvalue weighted by atomic mass is 10.1. The van der Waals surface area contributed by atoms with Gasteiger partial charge in [0.1, 0.15) is 17.3 Å². The van der Waals surface area contributed by atoms with E-state index in [-0.39, 0.29) is 5.56 Å². The van der Waals surface area contributed by atoms with Gasteiger partial charge in [0, 0.05) is 6.54 Å². The monoisotopic (exact) mass is 251 g/mol. The van der Waals surface area contributed by atoms with Gasteiger partial charge in [0.05, 0.1) is 16.9 Å². The number of halogens is 2. The molecule has 1 aromatic carbocycles. The number of nitrogen functional groups attached to an aromatic ring is 1. The van der Waals surface area contributed by atoms with Crippen LogP contribution in [0.15, 0.2) is 37.2 Å². The Morgan fingerprint density at radius 2 is 2.29 bits per heavy atom. The second kappa shape index (κ2) is 4.59. The summed E-state index contributed by atoms with van der Waals surface area (Å²) in [5.74, 6) is -0.0649.